The Morgan fingerprint density at radius 2 is 2.00 bits per heavy atom. The molecule has 0 aliphatic rings. The number of carbonyl (C=O) groups excluding carboxylic acids is 1. The molecule has 0 unspecified atom stereocenters. The van der Waals surface area contributed by atoms with Crippen molar-refractivity contribution in [3.05, 3.63) is 59.7 Å². The van der Waals surface area contributed by atoms with Crippen LogP contribution >= 0.6 is 0 Å². The van der Waals surface area contributed by atoms with E-state index in [1.165, 1.54) is 7.11 Å². The lowest BCUT2D eigenvalue weighted by molar-refractivity contribution is -0.116. The van der Waals surface area contributed by atoms with Crippen LogP contribution in [0.3, 0.4) is 0 Å². The lowest BCUT2D eigenvalue weighted by atomic mass is 10.1. The lowest BCUT2D eigenvalue weighted by Crippen LogP contribution is -2.13. The van der Waals surface area contributed by atoms with E-state index in [4.69, 9.17) is 10.00 Å². The first kappa shape index (κ1) is 14.6. The monoisotopic (exact) mass is 280 g/mol. The number of carbonyl (C=O) groups is 1. The van der Waals surface area contributed by atoms with Crippen LogP contribution in [-0.4, -0.2) is 13.0 Å². The molecule has 0 aromatic heterocycles. The van der Waals surface area contributed by atoms with E-state index in [1.54, 1.807) is 18.2 Å². The average molecular weight is 280 g/mol. The number of amides is 1. The zero-order chi connectivity index (χ0) is 15.1. The second kappa shape index (κ2) is 7.11. The molecule has 0 atom stereocenters. The van der Waals surface area contributed by atoms with Crippen molar-refractivity contribution in [1.29, 1.82) is 5.26 Å². The van der Waals surface area contributed by atoms with Crippen molar-refractivity contribution in [3.8, 4) is 11.8 Å². The average Bonchev–Trinajstić information content (AvgIpc) is 2.54. The van der Waals surface area contributed by atoms with Crippen molar-refractivity contribution in [2.75, 3.05) is 12.4 Å². The van der Waals surface area contributed by atoms with Crippen LogP contribution in [0.15, 0.2) is 48.5 Å². The molecule has 0 aliphatic carbocycles. The Morgan fingerprint density at radius 1 is 1.24 bits per heavy atom. The summed E-state index contributed by atoms with van der Waals surface area (Å²) >= 11 is 0. The predicted octanol–water partition coefficient (Wildman–Crippen LogP) is 3.14. The number of ether oxygens (including phenoxy) is 1. The lowest BCUT2D eigenvalue weighted by Gasteiger charge is -2.10. The summed E-state index contributed by atoms with van der Waals surface area (Å²) in [6.45, 7) is 0. The number of anilines is 1. The molecule has 4 heteroatoms. The van der Waals surface area contributed by atoms with Crippen molar-refractivity contribution >= 4 is 11.6 Å². The maximum atomic E-state index is 12.0. The topological polar surface area (TPSA) is 62.1 Å². The molecular formula is C17H16N2O2. The molecule has 0 saturated carbocycles. The van der Waals surface area contributed by atoms with Crippen LogP contribution in [0.5, 0.6) is 5.75 Å². The Kier molecular flexibility index (Phi) is 4.94. The van der Waals surface area contributed by atoms with Gasteiger partial charge in [0.05, 0.1) is 24.4 Å². The highest BCUT2D eigenvalue weighted by Gasteiger charge is 2.08. The van der Waals surface area contributed by atoms with Gasteiger partial charge in [-0.05, 0) is 24.1 Å². The minimum atomic E-state index is -0.0816. The van der Waals surface area contributed by atoms with Gasteiger partial charge in [0.25, 0.3) is 0 Å². The van der Waals surface area contributed by atoms with Gasteiger partial charge < -0.3 is 10.1 Å². The van der Waals surface area contributed by atoms with Crippen LogP contribution < -0.4 is 10.1 Å². The smallest absolute Gasteiger partial charge is 0.224 e. The van der Waals surface area contributed by atoms with Crippen LogP contribution in [0.25, 0.3) is 0 Å². The number of hydrogen-bond acceptors (Lipinski definition) is 3. The molecule has 0 heterocycles. The van der Waals surface area contributed by atoms with Gasteiger partial charge in [0.15, 0.2) is 0 Å². The predicted molar refractivity (Wildman–Crippen MR) is 81.1 cm³/mol. The van der Waals surface area contributed by atoms with Gasteiger partial charge in [0.1, 0.15) is 5.75 Å². The van der Waals surface area contributed by atoms with Crippen molar-refractivity contribution in [3.63, 3.8) is 0 Å². The van der Waals surface area contributed by atoms with E-state index in [0.29, 0.717) is 29.8 Å². The molecule has 0 aliphatic heterocycles. The number of nitrogens with one attached hydrogen (secondary N) is 1. The van der Waals surface area contributed by atoms with Crippen molar-refractivity contribution < 1.29 is 9.53 Å². The fourth-order valence-corrected chi connectivity index (χ4v) is 1.98. The molecule has 0 radical (unpaired) electrons. The number of rotatable bonds is 5. The number of nitrogens with zero attached hydrogens (tertiary/aromatic N) is 1. The number of hydrogen-bond donors (Lipinski definition) is 1. The Labute approximate surface area is 124 Å². The van der Waals surface area contributed by atoms with Gasteiger partial charge in [-0.25, -0.2) is 0 Å². The van der Waals surface area contributed by atoms with Crippen LogP contribution in [-0.2, 0) is 11.2 Å². The summed E-state index contributed by atoms with van der Waals surface area (Å²) in [6.07, 6.45) is 1.08. The Balaban J connectivity index is 1.98. The quantitative estimate of drug-likeness (QED) is 0.915. The van der Waals surface area contributed by atoms with E-state index in [9.17, 15) is 4.79 Å². The molecule has 4 nitrogen and oxygen atoms in total. The minimum absolute atomic E-state index is 0.0816. The second-order valence-corrected chi connectivity index (χ2v) is 4.56. The molecule has 0 saturated heterocycles. The largest absolute Gasteiger partial charge is 0.495 e. The Bertz CT molecular complexity index is 660. The molecule has 1 N–H and O–H groups in total. The number of methoxy groups -OCH3 is 1. The summed E-state index contributed by atoms with van der Waals surface area (Å²) in [7, 11) is 1.51. The molecule has 2 aromatic carbocycles. The fraction of sp³-hybridized carbons (Fsp3) is 0.176. The Hall–Kier alpha value is -2.80. The first-order valence-electron chi connectivity index (χ1n) is 6.65. The third-order valence-corrected chi connectivity index (χ3v) is 3.09. The highest BCUT2D eigenvalue weighted by atomic mass is 16.5. The van der Waals surface area contributed by atoms with Crippen LogP contribution in [0.2, 0.25) is 0 Å². The molecule has 2 rings (SSSR count). The van der Waals surface area contributed by atoms with Crippen LogP contribution in [0, 0.1) is 11.3 Å². The molecule has 21 heavy (non-hydrogen) atoms. The van der Waals surface area contributed by atoms with E-state index in [2.05, 4.69) is 5.32 Å². The van der Waals surface area contributed by atoms with Gasteiger partial charge >= 0.3 is 0 Å². The van der Waals surface area contributed by atoms with E-state index in [0.717, 1.165) is 5.56 Å². The third-order valence-electron chi connectivity index (χ3n) is 3.09. The first-order valence-corrected chi connectivity index (χ1v) is 6.65. The standard InChI is InChI=1S/C17H16N2O2/c1-21-16-11-14(12-18)7-9-15(16)19-17(20)10-8-13-5-3-2-4-6-13/h2-7,9,11H,8,10H2,1H3,(H,19,20). The normalized spacial score (nSPS) is 9.71. The maximum absolute atomic E-state index is 12.0. The molecule has 1 amide bonds. The van der Waals surface area contributed by atoms with Crippen molar-refractivity contribution in [2.45, 2.75) is 12.8 Å². The summed E-state index contributed by atoms with van der Waals surface area (Å²) in [4.78, 5) is 12.0. The van der Waals surface area contributed by atoms with Gasteiger partial charge in [-0.1, -0.05) is 30.3 Å². The SMILES string of the molecule is COc1cc(C#N)ccc1NC(=O)CCc1ccccc1. The van der Waals surface area contributed by atoms with E-state index >= 15 is 0 Å². The number of benzene rings is 2. The van der Waals surface area contributed by atoms with E-state index < -0.39 is 0 Å². The van der Waals surface area contributed by atoms with Gasteiger partial charge in [-0.2, -0.15) is 5.26 Å². The number of aryl methyl sites for hydroxylation is 1. The van der Waals surface area contributed by atoms with E-state index in [-0.39, 0.29) is 5.91 Å². The summed E-state index contributed by atoms with van der Waals surface area (Å²) in [6, 6.07) is 16.8. The molecule has 0 bridgehead atoms. The summed E-state index contributed by atoms with van der Waals surface area (Å²) in [5.74, 6) is 0.406. The summed E-state index contributed by atoms with van der Waals surface area (Å²) in [5.41, 5.74) is 2.20. The molecule has 0 spiro atoms. The summed E-state index contributed by atoms with van der Waals surface area (Å²) < 4.78 is 5.19. The number of nitriles is 1. The van der Waals surface area contributed by atoms with Gasteiger partial charge in [0, 0.05) is 12.5 Å². The van der Waals surface area contributed by atoms with Crippen LogP contribution in [0.4, 0.5) is 5.69 Å². The zero-order valence-corrected chi connectivity index (χ0v) is 11.8. The first-order chi connectivity index (χ1) is 10.2. The van der Waals surface area contributed by atoms with Crippen molar-refractivity contribution in [1.82, 2.24) is 0 Å². The minimum Gasteiger partial charge on any atom is -0.495 e. The molecule has 106 valence electrons. The van der Waals surface area contributed by atoms with Gasteiger partial charge in [0.2, 0.25) is 5.91 Å². The maximum Gasteiger partial charge on any atom is 0.224 e. The van der Waals surface area contributed by atoms with E-state index in [1.807, 2.05) is 36.4 Å². The third kappa shape index (κ3) is 4.08. The van der Waals surface area contributed by atoms with Gasteiger partial charge in [-0.15, -0.1) is 0 Å². The highest BCUT2D eigenvalue weighted by molar-refractivity contribution is 5.92. The van der Waals surface area contributed by atoms with Crippen LogP contribution in [0.1, 0.15) is 17.5 Å². The zero-order valence-electron chi connectivity index (χ0n) is 11.8. The van der Waals surface area contributed by atoms with Crippen molar-refractivity contribution in [2.24, 2.45) is 0 Å². The fourth-order valence-electron chi connectivity index (χ4n) is 1.98. The summed E-state index contributed by atoms with van der Waals surface area (Å²) in [5, 5.41) is 11.7. The molecular weight excluding hydrogens is 264 g/mol. The molecule has 2 aromatic rings. The molecule has 0 fully saturated rings. The highest BCUT2D eigenvalue weighted by Crippen LogP contribution is 2.25. The second-order valence-electron chi connectivity index (χ2n) is 4.56. The van der Waals surface area contributed by atoms with Gasteiger partial charge in [-0.3, -0.25) is 4.79 Å². The Morgan fingerprint density at radius 3 is 2.67 bits per heavy atom.